The molecular formula is C21H24N4O3S. The highest BCUT2D eigenvalue weighted by molar-refractivity contribution is 7.13. The third-order valence-corrected chi connectivity index (χ3v) is 5.09. The average molecular weight is 413 g/mol. The lowest BCUT2D eigenvalue weighted by Gasteiger charge is -2.12. The fraction of sp³-hybridized carbons (Fsp3) is 0.238. The van der Waals surface area contributed by atoms with E-state index in [0.29, 0.717) is 17.4 Å². The van der Waals surface area contributed by atoms with E-state index in [4.69, 9.17) is 5.73 Å². The lowest BCUT2D eigenvalue weighted by molar-refractivity contribution is -0.124. The molecule has 2 aromatic carbocycles. The van der Waals surface area contributed by atoms with Gasteiger partial charge in [-0.3, -0.25) is 4.79 Å². The average Bonchev–Trinajstić information content (AvgIpc) is 3.18. The Morgan fingerprint density at radius 2 is 1.83 bits per heavy atom. The number of nitrogen functional groups attached to an aromatic ring is 1. The number of aromatic nitrogens is 1. The van der Waals surface area contributed by atoms with Crippen LogP contribution < -0.4 is 16.4 Å². The van der Waals surface area contributed by atoms with E-state index in [1.165, 1.54) is 11.3 Å². The van der Waals surface area contributed by atoms with Crippen LogP contribution in [-0.2, 0) is 11.2 Å². The summed E-state index contributed by atoms with van der Waals surface area (Å²) in [5.74, 6) is -0.556. The molecule has 8 heteroatoms. The standard InChI is InChI=1S/C21H24N4O3S/c22-21-25-17(13-29-21)19(27)20(28)24-16-8-6-14(7-9-16)10-11-23-12-18(26)15-4-2-1-3-5-15/h1-9,13,18-19,23,26-27H,10-12H2,(H2,22,25)(H,24,28)/t18-,19?/m0/s1. The number of carbonyl (C=O) groups is 1. The number of rotatable bonds is 9. The van der Waals surface area contributed by atoms with Crippen molar-refractivity contribution in [3.63, 3.8) is 0 Å². The molecule has 3 rings (SSSR count). The lowest BCUT2D eigenvalue weighted by atomic mass is 10.1. The van der Waals surface area contributed by atoms with Crippen LogP contribution in [0, 0.1) is 0 Å². The molecule has 0 aliphatic heterocycles. The molecule has 2 atom stereocenters. The van der Waals surface area contributed by atoms with Crippen LogP contribution in [0.3, 0.4) is 0 Å². The van der Waals surface area contributed by atoms with Crippen molar-refractivity contribution in [2.45, 2.75) is 18.6 Å². The molecule has 1 heterocycles. The Morgan fingerprint density at radius 3 is 2.48 bits per heavy atom. The van der Waals surface area contributed by atoms with Crippen LogP contribution in [0.2, 0.25) is 0 Å². The molecule has 0 spiro atoms. The maximum absolute atomic E-state index is 12.1. The molecule has 0 saturated heterocycles. The van der Waals surface area contributed by atoms with E-state index in [1.54, 1.807) is 17.5 Å². The summed E-state index contributed by atoms with van der Waals surface area (Å²) in [6, 6.07) is 16.9. The normalized spacial score (nSPS) is 13.0. The van der Waals surface area contributed by atoms with Gasteiger partial charge in [-0.25, -0.2) is 4.98 Å². The van der Waals surface area contributed by atoms with Crippen molar-refractivity contribution in [2.75, 3.05) is 24.1 Å². The predicted octanol–water partition coefficient (Wildman–Crippen LogP) is 2.26. The number of nitrogens with one attached hydrogen (secondary N) is 2. The first-order valence-corrected chi connectivity index (χ1v) is 10.1. The topological polar surface area (TPSA) is 121 Å². The predicted molar refractivity (Wildman–Crippen MR) is 115 cm³/mol. The van der Waals surface area contributed by atoms with Crippen molar-refractivity contribution in [1.82, 2.24) is 10.3 Å². The summed E-state index contributed by atoms with van der Waals surface area (Å²) >= 11 is 1.17. The van der Waals surface area contributed by atoms with E-state index in [1.807, 2.05) is 42.5 Å². The van der Waals surface area contributed by atoms with Crippen LogP contribution in [-0.4, -0.2) is 34.2 Å². The molecule has 1 aromatic heterocycles. The molecule has 0 bridgehead atoms. The van der Waals surface area contributed by atoms with Gasteiger partial charge in [-0.2, -0.15) is 0 Å². The molecule has 7 nitrogen and oxygen atoms in total. The highest BCUT2D eigenvalue weighted by atomic mass is 32.1. The van der Waals surface area contributed by atoms with Gasteiger partial charge in [0.15, 0.2) is 11.2 Å². The Labute approximate surface area is 173 Å². The minimum atomic E-state index is -1.36. The van der Waals surface area contributed by atoms with Crippen LogP contribution in [0.1, 0.15) is 29.0 Å². The van der Waals surface area contributed by atoms with Gasteiger partial charge < -0.3 is 26.6 Å². The second-order valence-corrected chi connectivity index (χ2v) is 7.47. The van der Waals surface area contributed by atoms with Gasteiger partial charge in [-0.15, -0.1) is 11.3 Å². The van der Waals surface area contributed by atoms with Gasteiger partial charge in [0.1, 0.15) is 0 Å². The molecule has 29 heavy (non-hydrogen) atoms. The fourth-order valence-electron chi connectivity index (χ4n) is 2.79. The number of aliphatic hydroxyl groups excluding tert-OH is 2. The van der Waals surface area contributed by atoms with Gasteiger partial charge in [-0.1, -0.05) is 42.5 Å². The summed E-state index contributed by atoms with van der Waals surface area (Å²) in [4.78, 5) is 16.0. The van der Waals surface area contributed by atoms with Crippen LogP contribution in [0.4, 0.5) is 10.8 Å². The molecule has 1 amide bonds. The Balaban J connectivity index is 1.42. The second kappa shape index (κ2) is 10.1. The smallest absolute Gasteiger partial charge is 0.259 e. The fourth-order valence-corrected chi connectivity index (χ4v) is 3.37. The van der Waals surface area contributed by atoms with Crippen molar-refractivity contribution >= 4 is 28.1 Å². The SMILES string of the molecule is Nc1nc(C(O)C(=O)Nc2ccc(CCNC[C@H](O)c3ccccc3)cc2)cs1. The summed E-state index contributed by atoms with van der Waals surface area (Å²) in [6.07, 6.45) is -1.10. The van der Waals surface area contributed by atoms with Crippen molar-refractivity contribution in [1.29, 1.82) is 0 Å². The number of amides is 1. The molecule has 0 aliphatic rings. The molecule has 152 valence electrons. The number of nitrogens with zero attached hydrogens (tertiary/aromatic N) is 1. The number of thiazole rings is 1. The molecule has 0 fully saturated rings. The van der Waals surface area contributed by atoms with E-state index in [-0.39, 0.29) is 5.69 Å². The van der Waals surface area contributed by atoms with Crippen molar-refractivity contribution < 1.29 is 15.0 Å². The highest BCUT2D eigenvalue weighted by Gasteiger charge is 2.20. The van der Waals surface area contributed by atoms with Gasteiger partial charge in [0.05, 0.1) is 11.8 Å². The summed E-state index contributed by atoms with van der Waals surface area (Å²) in [5, 5.41) is 27.9. The Hall–Kier alpha value is -2.78. The Bertz CT molecular complexity index is 915. The maximum atomic E-state index is 12.1. The minimum Gasteiger partial charge on any atom is -0.387 e. The van der Waals surface area contributed by atoms with Crippen LogP contribution in [0.25, 0.3) is 0 Å². The van der Waals surface area contributed by atoms with Crippen LogP contribution >= 0.6 is 11.3 Å². The third-order valence-electron chi connectivity index (χ3n) is 4.40. The molecule has 0 aliphatic carbocycles. The molecule has 6 N–H and O–H groups in total. The summed E-state index contributed by atoms with van der Waals surface area (Å²) in [7, 11) is 0. The quantitative estimate of drug-likeness (QED) is 0.344. The molecule has 0 radical (unpaired) electrons. The zero-order chi connectivity index (χ0) is 20.6. The summed E-state index contributed by atoms with van der Waals surface area (Å²) < 4.78 is 0. The minimum absolute atomic E-state index is 0.241. The van der Waals surface area contributed by atoms with Gasteiger partial charge in [0.25, 0.3) is 5.91 Å². The Kier molecular flexibility index (Phi) is 7.31. The largest absolute Gasteiger partial charge is 0.387 e. The van der Waals surface area contributed by atoms with E-state index in [0.717, 1.165) is 24.1 Å². The van der Waals surface area contributed by atoms with Crippen molar-refractivity contribution in [3.8, 4) is 0 Å². The van der Waals surface area contributed by atoms with Gasteiger partial charge in [0, 0.05) is 17.6 Å². The zero-order valence-corrected chi connectivity index (χ0v) is 16.6. The lowest BCUT2D eigenvalue weighted by Crippen LogP contribution is -2.23. The first-order valence-electron chi connectivity index (χ1n) is 9.25. The molecular weight excluding hydrogens is 388 g/mol. The van der Waals surface area contributed by atoms with Gasteiger partial charge in [0.2, 0.25) is 0 Å². The van der Waals surface area contributed by atoms with Gasteiger partial charge >= 0.3 is 0 Å². The maximum Gasteiger partial charge on any atom is 0.259 e. The summed E-state index contributed by atoms with van der Waals surface area (Å²) in [6.45, 7) is 1.21. The number of aliphatic hydroxyl groups is 2. The van der Waals surface area contributed by atoms with E-state index >= 15 is 0 Å². The Morgan fingerprint density at radius 1 is 1.10 bits per heavy atom. The van der Waals surface area contributed by atoms with E-state index in [9.17, 15) is 15.0 Å². The molecule has 0 saturated carbocycles. The first-order chi connectivity index (χ1) is 14.0. The molecule has 1 unspecified atom stereocenters. The van der Waals surface area contributed by atoms with E-state index < -0.39 is 18.1 Å². The number of benzene rings is 2. The molecule has 3 aromatic rings. The number of carbonyl (C=O) groups excluding carboxylic acids is 1. The van der Waals surface area contributed by atoms with Gasteiger partial charge in [-0.05, 0) is 36.2 Å². The monoisotopic (exact) mass is 412 g/mol. The third kappa shape index (κ3) is 6.10. The van der Waals surface area contributed by atoms with E-state index in [2.05, 4.69) is 15.6 Å². The number of anilines is 2. The zero-order valence-electron chi connectivity index (χ0n) is 15.8. The van der Waals surface area contributed by atoms with Crippen molar-refractivity contribution in [2.24, 2.45) is 0 Å². The first kappa shape index (κ1) is 20.9. The number of hydrogen-bond acceptors (Lipinski definition) is 7. The van der Waals surface area contributed by atoms with Crippen LogP contribution in [0.5, 0.6) is 0 Å². The van der Waals surface area contributed by atoms with Crippen LogP contribution in [0.15, 0.2) is 60.0 Å². The number of hydrogen-bond donors (Lipinski definition) is 5. The van der Waals surface area contributed by atoms with Crippen molar-refractivity contribution in [3.05, 3.63) is 76.8 Å². The highest BCUT2D eigenvalue weighted by Crippen LogP contribution is 2.20. The second-order valence-electron chi connectivity index (χ2n) is 6.58. The number of nitrogens with two attached hydrogens (primary N) is 1. The summed E-state index contributed by atoms with van der Waals surface area (Å²) in [5.41, 5.74) is 8.35.